The molecule has 0 aliphatic carbocycles. The van der Waals surface area contributed by atoms with E-state index in [2.05, 4.69) is 15.9 Å². The number of hydrogen-bond donors (Lipinski definition) is 3. The topological polar surface area (TPSA) is 84.5 Å². The van der Waals surface area contributed by atoms with E-state index in [-0.39, 0.29) is 11.3 Å². The Morgan fingerprint density at radius 2 is 2.00 bits per heavy atom. The number of rotatable bonds is 2. The van der Waals surface area contributed by atoms with Gasteiger partial charge in [0.05, 0.1) is 6.07 Å². The van der Waals surface area contributed by atoms with Crippen molar-refractivity contribution >= 4 is 15.9 Å². The number of nitrogens with zero attached hydrogens (tertiary/aromatic N) is 1. The standard InChI is InChI=1S/C9H8BrNO3/c10-5-1-2-7(12)6(3-5)9(14)8(13)4-11/h1-3,8-9,12-14H. The predicted octanol–water partition coefficient (Wildman–Crippen LogP) is 1.07. The summed E-state index contributed by atoms with van der Waals surface area (Å²) in [4.78, 5) is 0. The van der Waals surface area contributed by atoms with Crippen molar-refractivity contribution in [2.75, 3.05) is 0 Å². The maximum absolute atomic E-state index is 9.44. The van der Waals surface area contributed by atoms with E-state index in [1.165, 1.54) is 18.2 Å². The summed E-state index contributed by atoms with van der Waals surface area (Å²) in [6, 6.07) is 5.89. The number of phenols is 1. The largest absolute Gasteiger partial charge is 0.508 e. The van der Waals surface area contributed by atoms with Crippen molar-refractivity contribution in [3.8, 4) is 11.8 Å². The van der Waals surface area contributed by atoms with E-state index in [0.29, 0.717) is 4.47 Å². The highest BCUT2D eigenvalue weighted by molar-refractivity contribution is 9.10. The Morgan fingerprint density at radius 1 is 1.36 bits per heavy atom. The molecule has 0 saturated carbocycles. The maximum atomic E-state index is 9.44. The average molecular weight is 258 g/mol. The molecule has 0 amide bonds. The predicted molar refractivity (Wildman–Crippen MR) is 52.4 cm³/mol. The second-order valence-corrected chi connectivity index (χ2v) is 3.64. The van der Waals surface area contributed by atoms with Gasteiger partial charge in [-0.25, -0.2) is 0 Å². The lowest BCUT2D eigenvalue weighted by Gasteiger charge is -2.13. The van der Waals surface area contributed by atoms with Crippen LogP contribution >= 0.6 is 15.9 Å². The van der Waals surface area contributed by atoms with Crippen LogP contribution in [-0.2, 0) is 0 Å². The van der Waals surface area contributed by atoms with Crippen molar-refractivity contribution in [1.82, 2.24) is 0 Å². The van der Waals surface area contributed by atoms with Gasteiger partial charge in [-0.1, -0.05) is 15.9 Å². The average Bonchev–Trinajstić information content (AvgIpc) is 2.19. The summed E-state index contributed by atoms with van der Waals surface area (Å²) < 4.78 is 0.648. The third-order valence-electron chi connectivity index (χ3n) is 1.74. The molecule has 4 nitrogen and oxygen atoms in total. The van der Waals surface area contributed by atoms with Gasteiger partial charge in [0.25, 0.3) is 0 Å². The molecule has 3 N–H and O–H groups in total. The molecule has 2 atom stereocenters. The van der Waals surface area contributed by atoms with E-state index < -0.39 is 12.2 Å². The van der Waals surface area contributed by atoms with Crippen LogP contribution in [0.15, 0.2) is 22.7 Å². The summed E-state index contributed by atoms with van der Waals surface area (Å²) in [5, 5.41) is 36.2. The van der Waals surface area contributed by atoms with Crippen LogP contribution in [0.4, 0.5) is 0 Å². The van der Waals surface area contributed by atoms with Crippen LogP contribution in [0.5, 0.6) is 5.75 Å². The zero-order valence-electron chi connectivity index (χ0n) is 7.05. The number of hydrogen-bond acceptors (Lipinski definition) is 4. The van der Waals surface area contributed by atoms with E-state index in [1.807, 2.05) is 0 Å². The maximum Gasteiger partial charge on any atom is 0.170 e. The van der Waals surface area contributed by atoms with Gasteiger partial charge in [0, 0.05) is 10.0 Å². The van der Waals surface area contributed by atoms with Crippen molar-refractivity contribution < 1.29 is 15.3 Å². The Balaban J connectivity index is 3.07. The minimum atomic E-state index is -1.55. The van der Waals surface area contributed by atoms with Gasteiger partial charge < -0.3 is 15.3 Å². The van der Waals surface area contributed by atoms with Crippen LogP contribution in [0.2, 0.25) is 0 Å². The molecule has 1 aromatic carbocycles. The van der Waals surface area contributed by atoms with E-state index in [4.69, 9.17) is 10.4 Å². The highest BCUT2D eigenvalue weighted by atomic mass is 79.9. The van der Waals surface area contributed by atoms with E-state index in [9.17, 15) is 10.2 Å². The third-order valence-corrected chi connectivity index (χ3v) is 2.23. The smallest absolute Gasteiger partial charge is 0.170 e. The number of aliphatic hydroxyl groups excluding tert-OH is 2. The van der Waals surface area contributed by atoms with Crippen LogP contribution < -0.4 is 0 Å². The number of nitriles is 1. The molecule has 0 spiro atoms. The van der Waals surface area contributed by atoms with Crippen LogP contribution in [0.3, 0.4) is 0 Å². The Kier molecular flexibility index (Phi) is 3.47. The second kappa shape index (κ2) is 4.42. The van der Waals surface area contributed by atoms with Crippen LogP contribution in [0.1, 0.15) is 11.7 Å². The zero-order chi connectivity index (χ0) is 10.7. The Bertz CT molecular complexity index is 375. The molecule has 1 aromatic rings. The molecular formula is C9H8BrNO3. The lowest BCUT2D eigenvalue weighted by molar-refractivity contribution is 0.0511. The van der Waals surface area contributed by atoms with Gasteiger partial charge >= 0.3 is 0 Å². The number of halogens is 1. The molecule has 5 heteroatoms. The van der Waals surface area contributed by atoms with Gasteiger partial charge in [-0.3, -0.25) is 0 Å². The monoisotopic (exact) mass is 257 g/mol. The van der Waals surface area contributed by atoms with Gasteiger partial charge in [-0.05, 0) is 18.2 Å². The first-order valence-electron chi connectivity index (χ1n) is 3.80. The zero-order valence-corrected chi connectivity index (χ0v) is 8.64. The molecule has 2 unspecified atom stereocenters. The first-order valence-corrected chi connectivity index (χ1v) is 4.59. The number of aromatic hydroxyl groups is 1. The fourth-order valence-electron chi connectivity index (χ4n) is 1.00. The Hall–Kier alpha value is -1.09. The molecule has 0 bridgehead atoms. The SMILES string of the molecule is N#CC(O)C(O)c1cc(Br)ccc1O. The molecule has 74 valence electrons. The summed E-state index contributed by atoms with van der Waals surface area (Å²) in [5.74, 6) is -0.157. The fraction of sp³-hybridized carbons (Fsp3) is 0.222. The van der Waals surface area contributed by atoms with E-state index in [1.54, 1.807) is 6.07 Å². The van der Waals surface area contributed by atoms with Crippen LogP contribution in [0.25, 0.3) is 0 Å². The second-order valence-electron chi connectivity index (χ2n) is 2.72. The highest BCUT2D eigenvalue weighted by Gasteiger charge is 2.20. The van der Waals surface area contributed by atoms with Crippen LogP contribution in [-0.4, -0.2) is 21.4 Å². The quantitative estimate of drug-likeness (QED) is 0.693. The number of benzene rings is 1. The molecule has 0 aromatic heterocycles. The lowest BCUT2D eigenvalue weighted by atomic mass is 10.0. The van der Waals surface area contributed by atoms with Gasteiger partial charge in [-0.15, -0.1) is 0 Å². The van der Waals surface area contributed by atoms with Gasteiger partial charge in [0.2, 0.25) is 0 Å². The molecule has 0 saturated heterocycles. The van der Waals surface area contributed by atoms with Crippen molar-refractivity contribution in [2.24, 2.45) is 0 Å². The molecule has 0 aliphatic heterocycles. The summed E-state index contributed by atoms with van der Waals surface area (Å²) in [5.41, 5.74) is 0.119. The Labute approximate surface area is 89.2 Å². The van der Waals surface area contributed by atoms with E-state index >= 15 is 0 Å². The molecule has 14 heavy (non-hydrogen) atoms. The first-order chi connectivity index (χ1) is 6.56. The highest BCUT2D eigenvalue weighted by Crippen LogP contribution is 2.29. The minimum absolute atomic E-state index is 0.119. The number of phenolic OH excluding ortho intramolecular Hbond substituents is 1. The summed E-state index contributed by atoms with van der Waals surface area (Å²) in [6.45, 7) is 0. The molecule has 0 aliphatic rings. The fourth-order valence-corrected chi connectivity index (χ4v) is 1.38. The third kappa shape index (κ3) is 2.23. The van der Waals surface area contributed by atoms with Crippen molar-refractivity contribution in [2.45, 2.75) is 12.2 Å². The molecule has 0 fully saturated rings. The normalized spacial score (nSPS) is 14.4. The van der Waals surface area contributed by atoms with Gasteiger partial charge in [0.15, 0.2) is 6.10 Å². The molecule has 1 rings (SSSR count). The van der Waals surface area contributed by atoms with Gasteiger partial charge in [-0.2, -0.15) is 5.26 Å². The lowest BCUT2D eigenvalue weighted by Crippen LogP contribution is -2.15. The first kappa shape index (κ1) is 11.0. The molecular weight excluding hydrogens is 250 g/mol. The number of aliphatic hydroxyl groups is 2. The molecule has 0 heterocycles. The van der Waals surface area contributed by atoms with Crippen molar-refractivity contribution in [1.29, 1.82) is 5.26 Å². The summed E-state index contributed by atoms with van der Waals surface area (Å²) >= 11 is 3.15. The van der Waals surface area contributed by atoms with Gasteiger partial charge in [0.1, 0.15) is 11.9 Å². The summed E-state index contributed by atoms with van der Waals surface area (Å²) in [6.07, 6.45) is -2.95. The van der Waals surface area contributed by atoms with Crippen molar-refractivity contribution in [3.05, 3.63) is 28.2 Å². The molecule has 0 radical (unpaired) electrons. The van der Waals surface area contributed by atoms with Crippen LogP contribution in [0, 0.1) is 11.3 Å². The minimum Gasteiger partial charge on any atom is -0.508 e. The summed E-state index contributed by atoms with van der Waals surface area (Å²) in [7, 11) is 0. The van der Waals surface area contributed by atoms with Crippen molar-refractivity contribution in [3.63, 3.8) is 0 Å². The Morgan fingerprint density at radius 3 is 2.57 bits per heavy atom. The van der Waals surface area contributed by atoms with E-state index in [0.717, 1.165) is 0 Å².